The molecule has 0 spiro atoms. The van der Waals surface area contributed by atoms with Crippen LogP contribution in [0.2, 0.25) is 0 Å². The molecule has 0 bridgehead atoms. The van der Waals surface area contributed by atoms with Gasteiger partial charge in [0.1, 0.15) is 5.82 Å². The first-order valence-electron chi connectivity index (χ1n) is 9.79. The van der Waals surface area contributed by atoms with Gasteiger partial charge in [0.25, 0.3) is 0 Å². The van der Waals surface area contributed by atoms with Gasteiger partial charge in [-0.3, -0.25) is 4.90 Å². The van der Waals surface area contributed by atoms with Crippen LogP contribution < -0.4 is 19.3 Å². The molecule has 2 fully saturated rings. The lowest BCUT2D eigenvalue weighted by Gasteiger charge is -2.35. The molecule has 3 aliphatic heterocycles. The highest BCUT2D eigenvalue weighted by Crippen LogP contribution is 2.33. The first-order chi connectivity index (χ1) is 13.3. The van der Waals surface area contributed by atoms with Crippen LogP contribution in [-0.2, 0) is 6.54 Å². The van der Waals surface area contributed by atoms with Crippen LogP contribution in [0.25, 0.3) is 0 Å². The maximum absolute atomic E-state index is 5.49. The van der Waals surface area contributed by atoms with E-state index in [1.54, 1.807) is 0 Å². The molecule has 5 rings (SSSR count). The van der Waals surface area contributed by atoms with Crippen LogP contribution in [0, 0.1) is 0 Å². The van der Waals surface area contributed by atoms with Gasteiger partial charge >= 0.3 is 0 Å². The fourth-order valence-electron chi connectivity index (χ4n) is 4.02. The zero-order valence-electron chi connectivity index (χ0n) is 15.5. The Kier molecular flexibility index (Phi) is 4.45. The molecular formula is C20H25N5O2. The van der Waals surface area contributed by atoms with Crippen molar-refractivity contribution in [3.05, 3.63) is 36.0 Å². The van der Waals surface area contributed by atoms with Crippen LogP contribution in [0.3, 0.4) is 0 Å². The average Bonchev–Trinajstić information content (AvgIpc) is 3.40. The predicted octanol–water partition coefficient (Wildman–Crippen LogP) is 2.13. The van der Waals surface area contributed by atoms with E-state index in [-0.39, 0.29) is 0 Å². The van der Waals surface area contributed by atoms with Crippen LogP contribution >= 0.6 is 0 Å². The van der Waals surface area contributed by atoms with Gasteiger partial charge in [0.05, 0.1) is 0 Å². The van der Waals surface area contributed by atoms with Gasteiger partial charge < -0.3 is 19.3 Å². The molecule has 4 heterocycles. The Bertz CT molecular complexity index is 801. The number of ether oxygens (including phenoxy) is 2. The van der Waals surface area contributed by atoms with Gasteiger partial charge in [-0.15, -0.1) is 0 Å². The summed E-state index contributed by atoms with van der Waals surface area (Å²) < 4.78 is 10.9. The maximum Gasteiger partial charge on any atom is 0.231 e. The average molecular weight is 367 g/mol. The summed E-state index contributed by atoms with van der Waals surface area (Å²) in [6.07, 6.45) is 4.38. The highest BCUT2D eigenvalue weighted by atomic mass is 16.7. The second kappa shape index (κ2) is 7.23. The van der Waals surface area contributed by atoms with Gasteiger partial charge in [0.15, 0.2) is 11.5 Å². The van der Waals surface area contributed by atoms with E-state index in [1.165, 1.54) is 18.4 Å². The second-order valence-electron chi connectivity index (χ2n) is 7.36. The van der Waals surface area contributed by atoms with E-state index < -0.39 is 0 Å². The summed E-state index contributed by atoms with van der Waals surface area (Å²) in [6, 6.07) is 8.27. The lowest BCUT2D eigenvalue weighted by atomic mass is 10.1. The molecule has 7 nitrogen and oxygen atoms in total. The molecule has 2 aromatic rings. The molecule has 7 heteroatoms. The molecule has 0 N–H and O–H groups in total. The van der Waals surface area contributed by atoms with Gasteiger partial charge in [0, 0.05) is 52.0 Å². The highest BCUT2D eigenvalue weighted by molar-refractivity contribution is 5.45. The lowest BCUT2D eigenvalue weighted by Crippen LogP contribution is -2.46. The summed E-state index contributed by atoms with van der Waals surface area (Å²) in [5.74, 6) is 3.64. The lowest BCUT2D eigenvalue weighted by molar-refractivity contribution is 0.174. The van der Waals surface area contributed by atoms with Crippen LogP contribution in [-0.4, -0.2) is 60.9 Å². The Labute approximate surface area is 159 Å². The fraction of sp³-hybridized carbons (Fsp3) is 0.500. The minimum absolute atomic E-state index is 0.329. The third-order valence-electron chi connectivity index (χ3n) is 5.56. The minimum atomic E-state index is 0.329. The number of rotatable bonds is 4. The first-order valence-corrected chi connectivity index (χ1v) is 9.79. The first kappa shape index (κ1) is 16.6. The van der Waals surface area contributed by atoms with E-state index >= 15 is 0 Å². The summed E-state index contributed by atoms with van der Waals surface area (Å²) in [6.45, 7) is 7.44. The SMILES string of the molecule is c1cc(N2CCN(Cc3ccc4c(c3)OCO4)CC2)nc(N2CCCC2)n1. The van der Waals surface area contributed by atoms with Crippen molar-refractivity contribution in [2.75, 3.05) is 55.9 Å². The van der Waals surface area contributed by atoms with Crippen molar-refractivity contribution in [2.45, 2.75) is 19.4 Å². The summed E-state index contributed by atoms with van der Waals surface area (Å²) in [7, 11) is 0. The van der Waals surface area contributed by atoms with Gasteiger partial charge in [-0.05, 0) is 36.6 Å². The standard InChI is InChI=1S/C20H25N5O2/c1-2-8-25(7-1)20-21-6-5-19(22-20)24-11-9-23(10-12-24)14-16-3-4-17-18(13-16)27-15-26-17/h3-6,13H,1-2,7-12,14-15H2. The number of benzene rings is 1. The van der Waals surface area contributed by atoms with Crippen LogP contribution in [0.15, 0.2) is 30.5 Å². The highest BCUT2D eigenvalue weighted by Gasteiger charge is 2.21. The Balaban J connectivity index is 1.20. The maximum atomic E-state index is 5.49. The molecular weight excluding hydrogens is 342 g/mol. The third-order valence-corrected chi connectivity index (χ3v) is 5.56. The zero-order chi connectivity index (χ0) is 18.1. The summed E-state index contributed by atoms with van der Waals surface area (Å²) >= 11 is 0. The largest absolute Gasteiger partial charge is 0.454 e. The summed E-state index contributed by atoms with van der Waals surface area (Å²) in [5.41, 5.74) is 1.27. The number of hydrogen-bond acceptors (Lipinski definition) is 7. The number of anilines is 2. The van der Waals surface area contributed by atoms with E-state index in [4.69, 9.17) is 14.5 Å². The van der Waals surface area contributed by atoms with Crippen molar-refractivity contribution in [3.63, 3.8) is 0 Å². The monoisotopic (exact) mass is 367 g/mol. The van der Waals surface area contributed by atoms with Gasteiger partial charge in [-0.1, -0.05) is 6.07 Å². The molecule has 27 heavy (non-hydrogen) atoms. The van der Waals surface area contributed by atoms with E-state index in [2.05, 4.69) is 31.8 Å². The quantitative estimate of drug-likeness (QED) is 0.820. The molecule has 3 aliphatic rings. The van der Waals surface area contributed by atoms with Crippen LogP contribution in [0.4, 0.5) is 11.8 Å². The second-order valence-corrected chi connectivity index (χ2v) is 7.36. The van der Waals surface area contributed by atoms with Crippen LogP contribution in [0.5, 0.6) is 11.5 Å². The molecule has 0 aliphatic carbocycles. The van der Waals surface area contributed by atoms with E-state index in [0.29, 0.717) is 6.79 Å². The molecule has 142 valence electrons. The smallest absolute Gasteiger partial charge is 0.231 e. The number of nitrogens with zero attached hydrogens (tertiary/aromatic N) is 5. The molecule has 2 saturated heterocycles. The Morgan fingerprint density at radius 3 is 2.52 bits per heavy atom. The number of aromatic nitrogens is 2. The van der Waals surface area contributed by atoms with E-state index in [0.717, 1.165) is 69.1 Å². The van der Waals surface area contributed by atoms with Gasteiger partial charge in [0.2, 0.25) is 12.7 Å². The minimum Gasteiger partial charge on any atom is -0.454 e. The van der Waals surface area contributed by atoms with Crippen molar-refractivity contribution in [1.82, 2.24) is 14.9 Å². The molecule has 0 unspecified atom stereocenters. The van der Waals surface area contributed by atoms with Gasteiger partial charge in [-0.25, -0.2) is 4.98 Å². The fourth-order valence-corrected chi connectivity index (χ4v) is 4.02. The molecule has 0 amide bonds. The Morgan fingerprint density at radius 1 is 0.852 bits per heavy atom. The van der Waals surface area contributed by atoms with E-state index in [9.17, 15) is 0 Å². The summed E-state index contributed by atoms with van der Waals surface area (Å²) in [4.78, 5) is 16.4. The van der Waals surface area contributed by atoms with Crippen molar-refractivity contribution < 1.29 is 9.47 Å². The van der Waals surface area contributed by atoms with E-state index in [1.807, 2.05) is 18.3 Å². The van der Waals surface area contributed by atoms with Crippen LogP contribution in [0.1, 0.15) is 18.4 Å². The predicted molar refractivity (Wildman–Crippen MR) is 104 cm³/mol. The van der Waals surface area contributed by atoms with Crippen molar-refractivity contribution in [2.24, 2.45) is 0 Å². The number of piperazine rings is 1. The molecule has 0 radical (unpaired) electrons. The third kappa shape index (κ3) is 3.51. The van der Waals surface area contributed by atoms with Crippen molar-refractivity contribution in [3.8, 4) is 11.5 Å². The molecule has 1 aromatic heterocycles. The zero-order valence-corrected chi connectivity index (χ0v) is 15.5. The number of fused-ring (bicyclic) bond motifs is 1. The number of hydrogen-bond donors (Lipinski definition) is 0. The Morgan fingerprint density at radius 2 is 1.67 bits per heavy atom. The van der Waals surface area contributed by atoms with Crippen molar-refractivity contribution >= 4 is 11.8 Å². The van der Waals surface area contributed by atoms with Crippen molar-refractivity contribution in [1.29, 1.82) is 0 Å². The summed E-state index contributed by atoms with van der Waals surface area (Å²) in [5, 5.41) is 0. The molecule has 0 saturated carbocycles. The van der Waals surface area contributed by atoms with Gasteiger partial charge in [-0.2, -0.15) is 4.98 Å². The molecule has 1 aromatic carbocycles. The Hall–Kier alpha value is -2.54. The normalized spacial score (nSPS) is 19.7. The molecule has 0 atom stereocenters. The topological polar surface area (TPSA) is 54.0 Å².